The van der Waals surface area contributed by atoms with Crippen LogP contribution in [0.4, 0.5) is 5.69 Å². The van der Waals surface area contributed by atoms with Crippen LogP contribution in [-0.4, -0.2) is 9.97 Å². The van der Waals surface area contributed by atoms with Gasteiger partial charge in [-0.15, -0.1) is 0 Å². The minimum Gasteiger partial charge on any atom is -0.408 e. The molecule has 0 amide bonds. The van der Waals surface area contributed by atoms with Gasteiger partial charge >= 0.3 is 5.76 Å². The highest BCUT2D eigenvalue weighted by atomic mass is 16.4. The average molecular weight is 279 g/mol. The van der Waals surface area contributed by atoms with E-state index in [4.69, 9.17) is 4.42 Å². The quantitative estimate of drug-likeness (QED) is 0.539. The predicted octanol–water partition coefficient (Wildman–Crippen LogP) is 3.21. The highest BCUT2D eigenvalue weighted by molar-refractivity contribution is 5.83. The molecule has 2 aromatic heterocycles. The molecule has 0 aliphatic carbocycles. The molecule has 0 unspecified atom stereocenters. The third kappa shape index (κ3) is 2.08. The fourth-order valence-corrected chi connectivity index (χ4v) is 2.56. The third-order valence-electron chi connectivity index (χ3n) is 3.58. The minimum atomic E-state index is -0.432. The van der Waals surface area contributed by atoms with Crippen LogP contribution in [-0.2, 0) is 6.54 Å². The molecule has 0 atom stereocenters. The Bertz CT molecular complexity index is 978. The van der Waals surface area contributed by atoms with Crippen LogP contribution >= 0.6 is 0 Å². The lowest BCUT2D eigenvalue weighted by molar-refractivity contribution is 0.555. The minimum absolute atomic E-state index is 0.432. The molecular formula is C16H13N3O2. The van der Waals surface area contributed by atoms with Gasteiger partial charge in [-0.2, -0.15) is 0 Å². The van der Waals surface area contributed by atoms with Gasteiger partial charge in [0.1, 0.15) is 0 Å². The number of nitrogens with one attached hydrogen (secondary N) is 3. The maximum absolute atomic E-state index is 11.1. The van der Waals surface area contributed by atoms with E-state index in [0.717, 1.165) is 11.2 Å². The Hall–Kier alpha value is -2.95. The molecule has 5 heteroatoms. The standard InChI is InChI=1S/C16H13N3O2/c20-16-19-13-8-12(4-5-14(13)21-16)18-9-11-3-1-2-10-6-7-17-15(10)11/h1-8,17-18H,9H2,(H,19,20). The van der Waals surface area contributed by atoms with E-state index < -0.39 is 5.76 Å². The van der Waals surface area contributed by atoms with E-state index >= 15 is 0 Å². The van der Waals surface area contributed by atoms with Crippen molar-refractivity contribution in [3.05, 3.63) is 64.8 Å². The molecule has 0 radical (unpaired) electrons. The molecule has 21 heavy (non-hydrogen) atoms. The Labute approximate surface area is 119 Å². The van der Waals surface area contributed by atoms with Gasteiger partial charge in [0.25, 0.3) is 0 Å². The Morgan fingerprint density at radius 2 is 2.10 bits per heavy atom. The Morgan fingerprint density at radius 1 is 1.14 bits per heavy atom. The van der Waals surface area contributed by atoms with Crippen molar-refractivity contribution in [2.24, 2.45) is 0 Å². The van der Waals surface area contributed by atoms with Gasteiger partial charge in [0.2, 0.25) is 0 Å². The SMILES string of the molecule is O=c1[nH]c2cc(NCc3cccc4cc[nH]c34)ccc2o1. The van der Waals surface area contributed by atoms with Crippen molar-refractivity contribution in [2.45, 2.75) is 6.54 Å². The molecule has 104 valence electrons. The predicted molar refractivity (Wildman–Crippen MR) is 82.5 cm³/mol. The smallest absolute Gasteiger partial charge is 0.408 e. The fourth-order valence-electron chi connectivity index (χ4n) is 2.56. The summed E-state index contributed by atoms with van der Waals surface area (Å²) in [4.78, 5) is 17.1. The normalized spacial score (nSPS) is 11.2. The van der Waals surface area contributed by atoms with Crippen LogP contribution < -0.4 is 11.1 Å². The van der Waals surface area contributed by atoms with Crippen molar-refractivity contribution >= 4 is 27.7 Å². The zero-order chi connectivity index (χ0) is 14.2. The number of benzene rings is 2. The molecule has 5 nitrogen and oxygen atoms in total. The van der Waals surface area contributed by atoms with Crippen molar-refractivity contribution in [1.29, 1.82) is 0 Å². The molecule has 0 aliphatic rings. The van der Waals surface area contributed by atoms with Gasteiger partial charge in [0.05, 0.1) is 11.0 Å². The topological polar surface area (TPSA) is 73.8 Å². The number of rotatable bonds is 3. The molecular weight excluding hydrogens is 266 g/mol. The number of H-pyrrole nitrogens is 2. The Balaban J connectivity index is 1.62. The Morgan fingerprint density at radius 3 is 3.05 bits per heavy atom. The molecule has 4 rings (SSSR count). The lowest BCUT2D eigenvalue weighted by Gasteiger charge is -2.07. The summed E-state index contributed by atoms with van der Waals surface area (Å²) in [5.74, 6) is -0.432. The summed E-state index contributed by atoms with van der Waals surface area (Å²) in [6.45, 7) is 0.700. The van der Waals surface area contributed by atoms with Crippen LogP contribution in [0.15, 0.2) is 57.9 Å². The van der Waals surface area contributed by atoms with E-state index in [2.05, 4.69) is 33.5 Å². The summed E-state index contributed by atoms with van der Waals surface area (Å²) >= 11 is 0. The zero-order valence-corrected chi connectivity index (χ0v) is 11.1. The highest BCUT2D eigenvalue weighted by Gasteiger charge is 2.04. The second-order valence-electron chi connectivity index (χ2n) is 4.94. The van der Waals surface area contributed by atoms with E-state index in [1.165, 1.54) is 10.9 Å². The third-order valence-corrected chi connectivity index (χ3v) is 3.58. The lowest BCUT2D eigenvalue weighted by atomic mass is 10.1. The highest BCUT2D eigenvalue weighted by Crippen LogP contribution is 2.20. The summed E-state index contributed by atoms with van der Waals surface area (Å²) in [5, 5.41) is 4.56. The average Bonchev–Trinajstić information content (AvgIpc) is 3.09. The molecule has 2 heterocycles. The number of aromatic amines is 2. The molecule has 2 aromatic carbocycles. The van der Waals surface area contributed by atoms with E-state index in [0.29, 0.717) is 17.6 Å². The largest absolute Gasteiger partial charge is 0.417 e. The van der Waals surface area contributed by atoms with Crippen molar-refractivity contribution in [2.75, 3.05) is 5.32 Å². The second kappa shape index (κ2) is 4.56. The number of hydrogen-bond acceptors (Lipinski definition) is 3. The fraction of sp³-hybridized carbons (Fsp3) is 0.0625. The molecule has 4 aromatic rings. The molecule has 0 aliphatic heterocycles. The maximum Gasteiger partial charge on any atom is 0.417 e. The molecule has 0 spiro atoms. The van der Waals surface area contributed by atoms with E-state index in [9.17, 15) is 4.79 Å². The summed E-state index contributed by atoms with van der Waals surface area (Å²) in [6, 6.07) is 13.8. The lowest BCUT2D eigenvalue weighted by Crippen LogP contribution is -2.00. The van der Waals surface area contributed by atoms with E-state index in [-0.39, 0.29) is 0 Å². The summed E-state index contributed by atoms with van der Waals surface area (Å²) < 4.78 is 4.99. The van der Waals surface area contributed by atoms with Crippen molar-refractivity contribution in [3.63, 3.8) is 0 Å². The first-order chi connectivity index (χ1) is 10.3. The van der Waals surface area contributed by atoms with E-state index in [1.54, 1.807) is 6.07 Å². The van der Waals surface area contributed by atoms with Crippen LogP contribution in [0.25, 0.3) is 22.0 Å². The first-order valence-electron chi connectivity index (χ1n) is 6.71. The van der Waals surface area contributed by atoms with Crippen molar-refractivity contribution < 1.29 is 4.42 Å². The summed E-state index contributed by atoms with van der Waals surface area (Å²) in [6.07, 6.45) is 1.94. The van der Waals surface area contributed by atoms with Crippen LogP contribution in [0.5, 0.6) is 0 Å². The molecule has 0 fully saturated rings. The van der Waals surface area contributed by atoms with Gasteiger partial charge in [-0.05, 0) is 35.2 Å². The first kappa shape index (κ1) is 11.8. The zero-order valence-electron chi connectivity index (χ0n) is 11.1. The van der Waals surface area contributed by atoms with Crippen LogP contribution in [0, 0.1) is 0 Å². The van der Waals surface area contributed by atoms with Crippen molar-refractivity contribution in [1.82, 2.24) is 9.97 Å². The van der Waals surface area contributed by atoms with Crippen LogP contribution in [0.2, 0.25) is 0 Å². The number of para-hydroxylation sites is 1. The summed E-state index contributed by atoms with van der Waals surface area (Å²) in [5.41, 5.74) is 4.53. The number of oxazole rings is 1. The molecule has 3 N–H and O–H groups in total. The van der Waals surface area contributed by atoms with Gasteiger partial charge in [-0.1, -0.05) is 18.2 Å². The number of anilines is 1. The van der Waals surface area contributed by atoms with Crippen LogP contribution in [0.3, 0.4) is 0 Å². The van der Waals surface area contributed by atoms with Gasteiger partial charge in [-0.25, -0.2) is 4.79 Å². The maximum atomic E-state index is 11.1. The van der Waals surface area contributed by atoms with Gasteiger partial charge in [0.15, 0.2) is 5.58 Å². The molecule has 0 saturated heterocycles. The molecule has 0 bridgehead atoms. The first-order valence-corrected chi connectivity index (χ1v) is 6.71. The number of hydrogen-bond donors (Lipinski definition) is 3. The number of aromatic nitrogens is 2. The van der Waals surface area contributed by atoms with E-state index in [1.807, 2.05) is 24.4 Å². The van der Waals surface area contributed by atoms with Gasteiger partial charge < -0.3 is 14.7 Å². The van der Waals surface area contributed by atoms with Crippen molar-refractivity contribution in [3.8, 4) is 0 Å². The molecule has 0 saturated carbocycles. The summed E-state index contributed by atoms with van der Waals surface area (Å²) in [7, 11) is 0. The Kier molecular flexibility index (Phi) is 2.57. The number of fused-ring (bicyclic) bond motifs is 2. The monoisotopic (exact) mass is 279 g/mol. The second-order valence-corrected chi connectivity index (χ2v) is 4.94. The van der Waals surface area contributed by atoms with Gasteiger partial charge in [-0.3, -0.25) is 4.98 Å². The van der Waals surface area contributed by atoms with Gasteiger partial charge in [0, 0.05) is 18.4 Å². The van der Waals surface area contributed by atoms with Crippen LogP contribution in [0.1, 0.15) is 5.56 Å².